The molecule has 1 aliphatic rings. The molecule has 10 heteroatoms. The van der Waals surface area contributed by atoms with Crippen LogP contribution in [-0.4, -0.2) is 74.1 Å². The fraction of sp³-hybridized carbons (Fsp3) is 0.280. The topological polar surface area (TPSA) is 105 Å². The van der Waals surface area contributed by atoms with Crippen molar-refractivity contribution in [2.75, 3.05) is 31.1 Å². The second-order valence-electron chi connectivity index (χ2n) is 16.2. The van der Waals surface area contributed by atoms with E-state index in [9.17, 15) is 18.0 Å². The molecule has 0 radical (unpaired) electrons. The van der Waals surface area contributed by atoms with Crippen molar-refractivity contribution < 1.29 is 22.7 Å². The molecule has 0 saturated carbocycles. The maximum Gasteiger partial charge on any atom is 0.407 e. The van der Waals surface area contributed by atoms with Gasteiger partial charge in [0.2, 0.25) is 0 Å². The number of sulfone groups is 1. The molecular weight excluding hydrogens is 787 g/mol. The molecule has 1 saturated heterocycles. The number of piperazine rings is 1. The summed E-state index contributed by atoms with van der Waals surface area (Å²) in [5, 5.41) is 8.33. The molecule has 60 heavy (non-hydrogen) atoms. The first kappa shape index (κ1) is 42.7. The quantitative estimate of drug-likeness (QED) is 0.105. The van der Waals surface area contributed by atoms with Crippen molar-refractivity contribution in [3.05, 3.63) is 186 Å². The highest BCUT2D eigenvalue weighted by Gasteiger charge is 2.38. The SMILES string of the molecule is CC(C)(C)OC(=O)N[C@@H](CSC(c1ccccc1)(c1ccccc1)c1ccccc1)Cc1ccc(C(=O)N2CCNC[C@@H]2CCS(=O)(=O)c2ccccc2)c2ccccc12. The van der Waals surface area contributed by atoms with Gasteiger partial charge in [-0.15, -0.1) is 11.8 Å². The maximum atomic E-state index is 14.5. The average molecular weight is 840 g/mol. The molecule has 1 heterocycles. The van der Waals surface area contributed by atoms with Gasteiger partial charge in [0.1, 0.15) is 5.60 Å². The number of nitrogens with one attached hydrogen (secondary N) is 2. The molecule has 6 aromatic carbocycles. The highest BCUT2D eigenvalue weighted by Crippen LogP contribution is 2.49. The lowest BCUT2D eigenvalue weighted by atomic mass is 9.84. The zero-order chi connectivity index (χ0) is 42.2. The monoisotopic (exact) mass is 839 g/mol. The van der Waals surface area contributed by atoms with Gasteiger partial charge in [-0.1, -0.05) is 140 Å². The molecule has 0 unspecified atom stereocenters. The molecule has 7 rings (SSSR count). The Balaban J connectivity index is 1.20. The van der Waals surface area contributed by atoms with Gasteiger partial charge in [0, 0.05) is 43.0 Å². The molecule has 2 atom stereocenters. The minimum atomic E-state index is -3.51. The van der Waals surface area contributed by atoms with Crippen molar-refractivity contribution in [3.63, 3.8) is 0 Å². The van der Waals surface area contributed by atoms with Crippen LogP contribution >= 0.6 is 11.8 Å². The molecule has 310 valence electrons. The van der Waals surface area contributed by atoms with Crippen molar-refractivity contribution in [1.82, 2.24) is 15.5 Å². The number of benzene rings is 6. The van der Waals surface area contributed by atoms with Gasteiger partial charge in [0.25, 0.3) is 5.91 Å². The molecule has 0 aromatic heterocycles. The van der Waals surface area contributed by atoms with Gasteiger partial charge in [0.15, 0.2) is 9.84 Å². The molecular formula is C50H53N3O5S2. The van der Waals surface area contributed by atoms with E-state index in [0.29, 0.717) is 43.8 Å². The second-order valence-corrected chi connectivity index (χ2v) is 19.6. The third-order valence-corrected chi connectivity index (χ3v) is 14.4. The number of fused-ring (bicyclic) bond motifs is 1. The Morgan fingerprint density at radius 2 is 1.28 bits per heavy atom. The fourth-order valence-electron chi connectivity index (χ4n) is 8.09. The van der Waals surface area contributed by atoms with Crippen LogP contribution in [-0.2, 0) is 25.7 Å². The zero-order valence-corrected chi connectivity index (χ0v) is 36.1. The second kappa shape index (κ2) is 18.9. The van der Waals surface area contributed by atoms with Crippen LogP contribution in [0.15, 0.2) is 163 Å². The summed E-state index contributed by atoms with van der Waals surface area (Å²) in [5.41, 5.74) is 4.24. The number of thioether (sulfide) groups is 1. The molecule has 1 fully saturated rings. The van der Waals surface area contributed by atoms with Crippen LogP contribution in [0.25, 0.3) is 10.8 Å². The summed E-state index contributed by atoms with van der Waals surface area (Å²) < 4.78 is 31.7. The number of carbonyl (C=O) groups excluding carboxylic acids is 2. The average Bonchev–Trinajstić information content (AvgIpc) is 3.26. The number of hydrogen-bond donors (Lipinski definition) is 2. The van der Waals surface area contributed by atoms with E-state index in [1.54, 1.807) is 42.1 Å². The fourth-order valence-corrected chi connectivity index (χ4v) is 11.0. The minimum absolute atomic E-state index is 0.0586. The number of amides is 2. The van der Waals surface area contributed by atoms with Gasteiger partial charge >= 0.3 is 6.09 Å². The Morgan fingerprint density at radius 3 is 1.85 bits per heavy atom. The lowest BCUT2D eigenvalue weighted by Crippen LogP contribution is -2.54. The summed E-state index contributed by atoms with van der Waals surface area (Å²) in [6.07, 6.45) is 0.300. The van der Waals surface area contributed by atoms with Crippen LogP contribution in [0.4, 0.5) is 4.79 Å². The van der Waals surface area contributed by atoms with Gasteiger partial charge in [-0.3, -0.25) is 4.79 Å². The maximum absolute atomic E-state index is 14.5. The highest BCUT2D eigenvalue weighted by atomic mass is 32.2. The molecule has 0 spiro atoms. The summed E-state index contributed by atoms with van der Waals surface area (Å²) in [6.45, 7) is 7.17. The van der Waals surface area contributed by atoms with E-state index in [2.05, 4.69) is 83.4 Å². The van der Waals surface area contributed by atoms with Crippen LogP contribution in [0.1, 0.15) is 59.8 Å². The Hall–Kier alpha value is -5.42. The van der Waals surface area contributed by atoms with Crippen molar-refractivity contribution in [1.29, 1.82) is 0 Å². The third kappa shape index (κ3) is 9.95. The van der Waals surface area contributed by atoms with E-state index < -0.39 is 26.3 Å². The number of nitrogens with zero attached hydrogens (tertiary/aromatic N) is 1. The summed E-state index contributed by atoms with van der Waals surface area (Å²) >= 11 is 1.77. The zero-order valence-electron chi connectivity index (χ0n) is 34.4. The number of ether oxygens (including phenoxy) is 1. The Kier molecular flexibility index (Phi) is 13.4. The van der Waals surface area contributed by atoms with Crippen LogP contribution < -0.4 is 10.6 Å². The van der Waals surface area contributed by atoms with Gasteiger partial charge in [-0.2, -0.15) is 0 Å². The van der Waals surface area contributed by atoms with E-state index in [0.717, 1.165) is 33.0 Å². The van der Waals surface area contributed by atoms with E-state index in [4.69, 9.17) is 4.74 Å². The van der Waals surface area contributed by atoms with E-state index in [-0.39, 0.29) is 28.6 Å². The van der Waals surface area contributed by atoms with Crippen LogP contribution in [0.5, 0.6) is 0 Å². The van der Waals surface area contributed by atoms with Crippen molar-refractivity contribution >= 4 is 44.4 Å². The Bertz CT molecular complexity index is 2380. The molecule has 0 bridgehead atoms. The van der Waals surface area contributed by atoms with Crippen molar-refractivity contribution in [3.8, 4) is 0 Å². The van der Waals surface area contributed by atoms with Gasteiger partial charge in [0.05, 0.1) is 15.4 Å². The minimum Gasteiger partial charge on any atom is -0.444 e. The largest absolute Gasteiger partial charge is 0.444 e. The summed E-state index contributed by atoms with van der Waals surface area (Å²) in [4.78, 5) is 30.2. The van der Waals surface area contributed by atoms with Crippen LogP contribution in [0.3, 0.4) is 0 Å². The first-order valence-corrected chi connectivity index (χ1v) is 23.2. The number of alkyl carbamates (subject to hydrolysis) is 1. The molecule has 2 amide bonds. The van der Waals surface area contributed by atoms with Crippen LogP contribution in [0.2, 0.25) is 0 Å². The third-order valence-electron chi connectivity index (χ3n) is 10.9. The van der Waals surface area contributed by atoms with E-state index in [1.807, 2.05) is 80.3 Å². The number of rotatable bonds is 14. The molecule has 8 nitrogen and oxygen atoms in total. The predicted octanol–water partition coefficient (Wildman–Crippen LogP) is 9.28. The number of carbonyl (C=O) groups is 2. The molecule has 1 aliphatic heterocycles. The van der Waals surface area contributed by atoms with Crippen molar-refractivity contribution in [2.24, 2.45) is 0 Å². The number of hydrogen-bond acceptors (Lipinski definition) is 7. The van der Waals surface area contributed by atoms with E-state index >= 15 is 0 Å². The predicted molar refractivity (Wildman–Crippen MR) is 243 cm³/mol. The molecule has 0 aliphatic carbocycles. The highest BCUT2D eigenvalue weighted by molar-refractivity contribution is 8.00. The smallest absolute Gasteiger partial charge is 0.407 e. The summed E-state index contributed by atoms with van der Waals surface area (Å²) in [5.74, 6) is 0.344. The summed E-state index contributed by atoms with van der Waals surface area (Å²) in [7, 11) is -3.51. The normalized spacial score (nSPS) is 15.3. The molecule has 6 aromatic rings. The van der Waals surface area contributed by atoms with Gasteiger partial charge in [-0.05, 0) is 84.8 Å². The first-order valence-electron chi connectivity index (χ1n) is 20.5. The van der Waals surface area contributed by atoms with E-state index in [1.165, 1.54) is 0 Å². The summed E-state index contributed by atoms with van der Waals surface area (Å²) in [6, 6.07) is 51.1. The molecule has 2 N–H and O–H groups in total. The first-order chi connectivity index (χ1) is 28.9. The van der Waals surface area contributed by atoms with Gasteiger partial charge < -0.3 is 20.3 Å². The van der Waals surface area contributed by atoms with Gasteiger partial charge in [-0.25, -0.2) is 13.2 Å². The lowest BCUT2D eigenvalue weighted by molar-refractivity contribution is 0.0509. The Morgan fingerprint density at radius 1 is 0.750 bits per heavy atom. The Labute approximate surface area is 358 Å². The van der Waals surface area contributed by atoms with Crippen molar-refractivity contribution in [2.45, 2.75) is 60.9 Å². The van der Waals surface area contributed by atoms with Crippen LogP contribution in [0, 0.1) is 0 Å². The lowest BCUT2D eigenvalue weighted by Gasteiger charge is -2.37. The standard InChI is InChI=1S/C50H53N3O5S2/c1-49(2,3)58-48(55)52-41(36-59-50(38-18-8-4-9-19-38,39-20-10-5-11-21-39)40-22-12-6-13-23-40)34-37-28-29-46(45-27-17-16-26-44(37)45)47(54)53-32-31-51-35-42(53)30-33-60(56,57)43-24-14-7-15-25-43/h4-29,41-42,51H,30-36H2,1-3H3,(H,52,55)/t41-,42+/m1/s1.